The third kappa shape index (κ3) is 3.41. The van der Waals surface area contributed by atoms with E-state index in [4.69, 9.17) is 15.2 Å². The van der Waals surface area contributed by atoms with Crippen molar-refractivity contribution in [2.75, 3.05) is 26.2 Å². The van der Waals surface area contributed by atoms with Gasteiger partial charge >= 0.3 is 0 Å². The Bertz CT molecular complexity index is 1150. The molecular weight excluding hydrogens is 385 g/mol. The van der Waals surface area contributed by atoms with E-state index in [1.54, 1.807) is 30.3 Å². The molecule has 1 atom stereocenters. The molecule has 2 aliphatic rings. The molecule has 30 heavy (non-hydrogen) atoms. The molecule has 6 nitrogen and oxygen atoms in total. The van der Waals surface area contributed by atoms with Crippen molar-refractivity contribution in [3.63, 3.8) is 0 Å². The van der Waals surface area contributed by atoms with Crippen molar-refractivity contribution in [1.82, 2.24) is 9.88 Å². The Morgan fingerprint density at radius 1 is 1.30 bits per heavy atom. The number of aromatic amines is 1. The molecule has 5 rings (SSSR count). The number of aromatic nitrogens is 1. The Hall–Kier alpha value is -3.32. The van der Waals surface area contributed by atoms with Crippen molar-refractivity contribution in [2.45, 2.75) is 12.5 Å². The van der Waals surface area contributed by atoms with Gasteiger partial charge in [0.15, 0.2) is 11.5 Å². The quantitative estimate of drug-likeness (QED) is 0.695. The molecular formula is C23H22FN3O3. The predicted molar refractivity (Wildman–Crippen MR) is 112 cm³/mol. The van der Waals surface area contributed by atoms with Crippen molar-refractivity contribution in [1.29, 1.82) is 0 Å². The minimum atomic E-state index is -0.531. The number of benzene rings is 2. The molecule has 0 aliphatic carbocycles. The van der Waals surface area contributed by atoms with Crippen molar-refractivity contribution in [3.05, 3.63) is 65.6 Å². The van der Waals surface area contributed by atoms with Crippen LogP contribution in [0.2, 0.25) is 0 Å². The summed E-state index contributed by atoms with van der Waals surface area (Å²) in [5.41, 5.74) is 9.00. The number of rotatable bonds is 4. The van der Waals surface area contributed by atoms with E-state index in [9.17, 15) is 9.18 Å². The number of carbonyl (C=O) groups is 1. The maximum Gasteiger partial charge on any atom is 0.252 e. The van der Waals surface area contributed by atoms with E-state index >= 15 is 0 Å². The Balaban J connectivity index is 1.28. The van der Waals surface area contributed by atoms with Crippen molar-refractivity contribution >= 4 is 22.4 Å². The number of H-pyrrole nitrogens is 1. The molecule has 1 amide bonds. The van der Waals surface area contributed by atoms with E-state index in [1.165, 1.54) is 11.6 Å². The van der Waals surface area contributed by atoms with Crippen LogP contribution in [-0.2, 0) is 0 Å². The third-order valence-electron chi connectivity index (χ3n) is 5.70. The summed E-state index contributed by atoms with van der Waals surface area (Å²) < 4.78 is 25.5. The number of para-hydroxylation sites is 1. The molecule has 0 spiro atoms. The number of nitrogens with two attached hydrogens (primary N) is 1. The SMILES string of the molecule is NC(=O)c1cccc2c1OC(CN1CC=C(c3c[nH]c4ccc(F)cc34)CC1)CO2. The fraction of sp³-hybridized carbons (Fsp3) is 0.261. The lowest BCUT2D eigenvalue weighted by atomic mass is 9.98. The van der Waals surface area contributed by atoms with E-state index in [0.29, 0.717) is 30.2 Å². The van der Waals surface area contributed by atoms with Crippen LogP contribution in [0.5, 0.6) is 11.5 Å². The second kappa shape index (κ2) is 7.50. The van der Waals surface area contributed by atoms with Gasteiger partial charge in [-0.3, -0.25) is 9.69 Å². The summed E-state index contributed by atoms with van der Waals surface area (Å²) in [6, 6.07) is 9.96. The maximum absolute atomic E-state index is 13.7. The summed E-state index contributed by atoms with van der Waals surface area (Å²) in [6.45, 7) is 2.72. The van der Waals surface area contributed by atoms with Gasteiger partial charge in [-0.15, -0.1) is 0 Å². The van der Waals surface area contributed by atoms with Crippen LogP contribution in [0.1, 0.15) is 22.3 Å². The molecule has 3 heterocycles. The second-order valence-electron chi connectivity index (χ2n) is 7.68. The number of nitrogens with zero attached hydrogens (tertiary/aromatic N) is 1. The smallest absolute Gasteiger partial charge is 0.252 e. The fourth-order valence-corrected chi connectivity index (χ4v) is 4.19. The summed E-state index contributed by atoms with van der Waals surface area (Å²) in [5.74, 6) is 0.216. The van der Waals surface area contributed by atoms with Gasteiger partial charge in [0.1, 0.15) is 18.5 Å². The summed E-state index contributed by atoms with van der Waals surface area (Å²) in [6.07, 6.45) is 4.81. The zero-order valence-electron chi connectivity index (χ0n) is 16.4. The lowest BCUT2D eigenvalue weighted by Crippen LogP contribution is -2.42. The van der Waals surface area contributed by atoms with Crippen molar-refractivity contribution in [3.8, 4) is 11.5 Å². The van der Waals surface area contributed by atoms with Crippen LogP contribution in [0.4, 0.5) is 4.39 Å². The lowest BCUT2D eigenvalue weighted by molar-refractivity contribution is 0.0599. The fourth-order valence-electron chi connectivity index (χ4n) is 4.19. The van der Waals surface area contributed by atoms with E-state index in [1.807, 2.05) is 6.20 Å². The van der Waals surface area contributed by atoms with Gasteiger partial charge in [-0.05, 0) is 42.3 Å². The normalized spacial score (nSPS) is 19.0. The molecule has 0 fully saturated rings. The molecule has 7 heteroatoms. The van der Waals surface area contributed by atoms with Crippen LogP contribution in [-0.4, -0.2) is 48.1 Å². The molecule has 3 N–H and O–H groups in total. The number of fused-ring (bicyclic) bond motifs is 2. The van der Waals surface area contributed by atoms with Gasteiger partial charge in [0.2, 0.25) is 0 Å². The van der Waals surface area contributed by atoms with E-state index in [-0.39, 0.29) is 11.9 Å². The maximum atomic E-state index is 13.7. The highest BCUT2D eigenvalue weighted by molar-refractivity contribution is 5.96. The number of hydrogen-bond acceptors (Lipinski definition) is 4. The third-order valence-corrected chi connectivity index (χ3v) is 5.70. The zero-order chi connectivity index (χ0) is 20.7. The Morgan fingerprint density at radius 3 is 3.00 bits per heavy atom. The van der Waals surface area contributed by atoms with Gasteiger partial charge in [0.25, 0.3) is 5.91 Å². The largest absolute Gasteiger partial charge is 0.486 e. The van der Waals surface area contributed by atoms with Crippen molar-refractivity contribution in [2.24, 2.45) is 5.73 Å². The van der Waals surface area contributed by atoms with Gasteiger partial charge in [-0.2, -0.15) is 0 Å². The number of ether oxygens (including phenoxy) is 2. The average molecular weight is 407 g/mol. The van der Waals surface area contributed by atoms with Crippen LogP contribution in [0.15, 0.2) is 48.7 Å². The predicted octanol–water partition coefficient (Wildman–Crippen LogP) is 3.34. The molecule has 0 bridgehead atoms. The summed E-state index contributed by atoms with van der Waals surface area (Å²) in [4.78, 5) is 17.2. The molecule has 2 aromatic carbocycles. The van der Waals surface area contributed by atoms with Crippen LogP contribution >= 0.6 is 0 Å². The number of carbonyl (C=O) groups excluding carboxylic acids is 1. The minimum Gasteiger partial charge on any atom is -0.486 e. The van der Waals surface area contributed by atoms with Crippen LogP contribution < -0.4 is 15.2 Å². The Labute approximate surface area is 173 Å². The summed E-state index contributed by atoms with van der Waals surface area (Å²) in [7, 11) is 0. The first-order valence-electron chi connectivity index (χ1n) is 9.99. The molecule has 2 aliphatic heterocycles. The van der Waals surface area contributed by atoms with Crippen LogP contribution in [0, 0.1) is 5.82 Å². The highest BCUT2D eigenvalue weighted by Gasteiger charge is 2.27. The first-order valence-corrected chi connectivity index (χ1v) is 9.99. The molecule has 1 aromatic heterocycles. The van der Waals surface area contributed by atoms with Crippen LogP contribution in [0.3, 0.4) is 0 Å². The number of amides is 1. The van der Waals surface area contributed by atoms with E-state index < -0.39 is 5.91 Å². The number of hydrogen-bond donors (Lipinski definition) is 2. The minimum absolute atomic E-state index is 0.185. The van der Waals surface area contributed by atoms with Gasteiger partial charge in [0.05, 0.1) is 5.56 Å². The van der Waals surface area contributed by atoms with Crippen molar-refractivity contribution < 1.29 is 18.7 Å². The standard InChI is InChI=1S/C23H22FN3O3/c24-15-4-5-20-18(10-15)19(11-26-20)14-6-8-27(9-7-14)12-16-13-29-21-3-1-2-17(23(25)28)22(21)30-16/h1-6,10-11,16,26H,7-9,12-13H2,(H2,25,28). The Kier molecular flexibility index (Phi) is 4.67. The average Bonchev–Trinajstić information content (AvgIpc) is 3.16. The van der Waals surface area contributed by atoms with Gasteiger partial charge < -0.3 is 20.2 Å². The lowest BCUT2D eigenvalue weighted by Gasteiger charge is -2.33. The zero-order valence-corrected chi connectivity index (χ0v) is 16.4. The number of nitrogens with one attached hydrogen (secondary N) is 1. The summed E-state index contributed by atoms with van der Waals surface area (Å²) >= 11 is 0. The first-order chi connectivity index (χ1) is 14.6. The first kappa shape index (κ1) is 18.7. The second-order valence-corrected chi connectivity index (χ2v) is 7.68. The van der Waals surface area contributed by atoms with E-state index in [2.05, 4.69) is 16.0 Å². The highest BCUT2D eigenvalue weighted by Crippen LogP contribution is 2.35. The van der Waals surface area contributed by atoms with Gasteiger partial charge in [-0.1, -0.05) is 12.1 Å². The number of primary amides is 1. The molecule has 0 saturated heterocycles. The highest BCUT2D eigenvalue weighted by atomic mass is 19.1. The molecule has 1 unspecified atom stereocenters. The van der Waals surface area contributed by atoms with Gasteiger partial charge in [-0.25, -0.2) is 4.39 Å². The monoisotopic (exact) mass is 407 g/mol. The van der Waals surface area contributed by atoms with E-state index in [0.717, 1.165) is 36.0 Å². The number of halogens is 1. The topological polar surface area (TPSA) is 80.6 Å². The van der Waals surface area contributed by atoms with Crippen LogP contribution in [0.25, 0.3) is 16.5 Å². The molecule has 3 aromatic rings. The summed E-state index contributed by atoms with van der Waals surface area (Å²) in [5, 5.41) is 0.911. The molecule has 0 radical (unpaired) electrons. The molecule has 0 saturated carbocycles. The molecule has 154 valence electrons. The van der Waals surface area contributed by atoms with Gasteiger partial charge in [0, 0.05) is 42.3 Å². The Morgan fingerprint density at radius 2 is 2.20 bits per heavy atom.